The van der Waals surface area contributed by atoms with E-state index in [4.69, 9.17) is 0 Å². The molecule has 2 N–H and O–H groups in total. The SMILES string of the molecule is CCC(C)C(C)NC(=O)c1cccn1C1CCNCC1. The van der Waals surface area contributed by atoms with Crippen molar-refractivity contribution < 1.29 is 4.79 Å². The van der Waals surface area contributed by atoms with Gasteiger partial charge in [0.1, 0.15) is 5.69 Å². The van der Waals surface area contributed by atoms with Crippen LogP contribution in [-0.4, -0.2) is 29.6 Å². The summed E-state index contributed by atoms with van der Waals surface area (Å²) in [6, 6.07) is 4.57. The zero-order chi connectivity index (χ0) is 14.5. The van der Waals surface area contributed by atoms with Crippen molar-refractivity contribution in [1.29, 1.82) is 0 Å². The fourth-order valence-electron chi connectivity index (χ4n) is 2.77. The van der Waals surface area contributed by atoms with Crippen molar-refractivity contribution >= 4 is 5.91 Å². The highest BCUT2D eigenvalue weighted by molar-refractivity contribution is 5.93. The molecule has 0 aromatic carbocycles. The van der Waals surface area contributed by atoms with Gasteiger partial charge in [-0.15, -0.1) is 0 Å². The number of hydrogen-bond donors (Lipinski definition) is 2. The van der Waals surface area contributed by atoms with E-state index >= 15 is 0 Å². The molecule has 4 heteroatoms. The van der Waals surface area contributed by atoms with Crippen molar-refractivity contribution in [1.82, 2.24) is 15.2 Å². The number of aromatic nitrogens is 1. The number of carbonyl (C=O) groups is 1. The molecule has 1 amide bonds. The van der Waals surface area contributed by atoms with E-state index < -0.39 is 0 Å². The van der Waals surface area contributed by atoms with Crippen LogP contribution in [0.5, 0.6) is 0 Å². The number of amides is 1. The standard InChI is InChI=1S/C16H27N3O/c1-4-12(2)13(3)18-16(20)15-6-5-11-19(15)14-7-9-17-10-8-14/h5-6,11-14,17H,4,7-10H2,1-3H3,(H,18,20). The lowest BCUT2D eigenvalue weighted by Crippen LogP contribution is -2.38. The summed E-state index contributed by atoms with van der Waals surface area (Å²) in [4.78, 5) is 12.5. The van der Waals surface area contributed by atoms with Crippen molar-refractivity contribution in [3.8, 4) is 0 Å². The van der Waals surface area contributed by atoms with Gasteiger partial charge in [-0.25, -0.2) is 0 Å². The second-order valence-corrected chi connectivity index (χ2v) is 5.93. The highest BCUT2D eigenvalue weighted by atomic mass is 16.2. The van der Waals surface area contributed by atoms with E-state index in [1.807, 2.05) is 18.3 Å². The number of carbonyl (C=O) groups excluding carboxylic acids is 1. The first kappa shape index (κ1) is 15.1. The summed E-state index contributed by atoms with van der Waals surface area (Å²) in [7, 11) is 0. The third-order valence-electron chi connectivity index (χ3n) is 4.57. The van der Waals surface area contributed by atoms with Gasteiger partial charge >= 0.3 is 0 Å². The maximum Gasteiger partial charge on any atom is 0.268 e. The Balaban J connectivity index is 2.05. The van der Waals surface area contributed by atoms with E-state index in [9.17, 15) is 4.79 Å². The third-order valence-corrected chi connectivity index (χ3v) is 4.57. The first-order chi connectivity index (χ1) is 9.63. The molecule has 0 aliphatic carbocycles. The second kappa shape index (κ2) is 6.93. The number of hydrogen-bond acceptors (Lipinski definition) is 2. The normalized spacial score (nSPS) is 19.6. The van der Waals surface area contributed by atoms with E-state index in [1.165, 1.54) is 0 Å². The van der Waals surface area contributed by atoms with Crippen molar-refractivity contribution in [3.63, 3.8) is 0 Å². The molecule has 2 atom stereocenters. The van der Waals surface area contributed by atoms with Crippen LogP contribution in [0.2, 0.25) is 0 Å². The zero-order valence-corrected chi connectivity index (χ0v) is 12.9. The Hall–Kier alpha value is -1.29. The summed E-state index contributed by atoms with van der Waals surface area (Å²) < 4.78 is 2.15. The van der Waals surface area contributed by atoms with Gasteiger partial charge in [-0.2, -0.15) is 0 Å². The van der Waals surface area contributed by atoms with Gasteiger partial charge in [-0.1, -0.05) is 20.3 Å². The Morgan fingerprint density at radius 1 is 1.45 bits per heavy atom. The molecule has 2 heterocycles. The lowest BCUT2D eigenvalue weighted by atomic mass is 10.0. The topological polar surface area (TPSA) is 46.1 Å². The van der Waals surface area contributed by atoms with E-state index in [0.717, 1.165) is 38.0 Å². The van der Waals surface area contributed by atoms with Gasteiger partial charge in [-0.05, 0) is 50.9 Å². The van der Waals surface area contributed by atoms with Gasteiger partial charge in [0.15, 0.2) is 0 Å². The largest absolute Gasteiger partial charge is 0.348 e. The molecular formula is C16H27N3O. The minimum Gasteiger partial charge on any atom is -0.348 e. The van der Waals surface area contributed by atoms with Gasteiger partial charge in [-0.3, -0.25) is 4.79 Å². The van der Waals surface area contributed by atoms with E-state index in [1.54, 1.807) is 0 Å². The van der Waals surface area contributed by atoms with Crippen molar-refractivity contribution in [2.75, 3.05) is 13.1 Å². The van der Waals surface area contributed by atoms with Crippen LogP contribution in [0.4, 0.5) is 0 Å². The van der Waals surface area contributed by atoms with Gasteiger partial charge in [0.2, 0.25) is 0 Å². The summed E-state index contributed by atoms with van der Waals surface area (Å²) in [5, 5.41) is 6.50. The summed E-state index contributed by atoms with van der Waals surface area (Å²) in [6.07, 6.45) is 5.31. The molecule has 0 bridgehead atoms. The molecule has 1 fully saturated rings. The number of nitrogens with zero attached hydrogens (tertiary/aromatic N) is 1. The lowest BCUT2D eigenvalue weighted by Gasteiger charge is -2.27. The summed E-state index contributed by atoms with van der Waals surface area (Å²) in [6.45, 7) is 8.49. The third kappa shape index (κ3) is 3.42. The average molecular weight is 277 g/mol. The predicted octanol–water partition coefficient (Wildman–Crippen LogP) is 2.58. The van der Waals surface area contributed by atoms with Crippen LogP contribution < -0.4 is 10.6 Å². The summed E-state index contributed by atoms with van der Waals surface area (Å²) in [5.41, 5.74) is 0.798. The number of piperidine rings is 1. The fourth-order valence-corrected chi connectivity index (χ4v) is 2.77. The minimum absolute atomic E-state index is 0.0568. The van der Waals surface area contributed by atoms with Crippen LogP contribution >= 0.6 is 0 Å². The molecule has 2 rings (SSSR count). The molecule has 1 aliphatic rings. The Morgan fingerprint density at radius 2 is 2.15 bits per heavy atom. The number of nitrogens with one attached hydrogen (secondary N) is 2. The van der Waals surface area contributed by atoms with Crippen LogP contribution in [0.3, 0.4) is 0 Å². The van der Waals surface area contributed by atoms with E-state index in [-0.39, 0.29) is 11.9 Å². The Kier molecular flexibility index (Phi) is 5.24. The van der Waals surface area contributed by atoms with Gasteiger partial charge in [0.25, 0.3) is 5.91 Å². The summed E-state index contributed by atoms with van der Waals surface area (Å²) in [5.74, 6) is 0.558. The summed E-state index contributed by atoms with van der Waals surface area (Å²) >= 11 is 0. The van der Waals surface area contributed by atoms with Crippen molar-refractivity contribution in [2.24, 2.45) is 5.92 Å². The van der Waals surface area contributed by atoms with Crippen LogP contribution in [0, 0.1) is 5.92 Å². The van der Waals surface area contributed by atoms with E-state index in [0.29, 0.717) is 12.0 Å². The molecule has 0 radical (unpaired) electrons. The maximum absolute atomic E-state index is 12.5. The van der Waals surface area contributed by atoms with Crippen LogP contribution in [-0.2, 0) is 0 Å². The first-order valence-corrected chi connectivity index (χ1v) is 7.82. The average Bonchev–Trinajstić information content (AvgIpc) is 2.96. The van der Waals surface area contributed by atoms with Crippen LogP contribution in [0.1, 0.15) is 56.6 Å². The number of rotatable bonds is 5. The fraction of sp³-hybridized carbons (Fsp3) is 0.688. The Labute approximate surface area is 121 Å². The quantitative estimate of drug-likeness (QED) is 0.869. The van der Waals surface area contributed by atoms with Crippen molar-refractivity contribution in [3.05, 3.63) is 24.0 Å². The predicted molar refractivity (Wildman–Crippen MR) is 82.0 cm³/mol. The lowest BCUT2D eigenvalue weighted by molar-refractivity contribution is 0.0915. The molecule has 20 heavy (non-hydrogen) atoms. The van der Waals surface area contributed by atoms with Crippen LogP contribution in [0.25, 0.3) is 0 Å². The molecule has 0 spiro atoms. The molecule has 4 nitrogen and oxygen atoms in total. The van der Waals surface area contributed by atoms with Gasteiger partial charge in [0, 0.05) is 18.3 Å². The monoisotopic (exact) mass is 277 g/mol. The maximum atomic E-state index is 12.5. The molecular weight excluding hydrogens is 250 g/mol. The molecule has 1 aromatic heterocycles. The Morgan fingerprint density at radius 3 is 2.80 bits per heavy atom. The zero-order valence-electron chi connectivity index (χ0n) is 12.9. The van der Waals surface area contributed by atoms with E-state index in [2.05, 4.69) is 36.0 Å². The molecule has 1 aliphatic heterocycles. The highest BCUT2D eigenvalue weighted by Gasteiger charge is 2.21. The molecule has 0 saturated carbocycles. The smallest absolute Gasteiger partial charge is 0.268 e. The minimum atomic E-state index is 0.0568. The van der Waals surface area contributed by atoms with Crippen LogP contribution in [0.15, 0.2) is 18.3 Å². The second-order valence-electron chi connectivity index (χ2n) is 5.93. The first-order valence-electron chi connectivity index (χ1n) is 7.82. The molecule has 1 aromatic rings. The molecule has 2 unspecified atom stereocenters. The van der Waals surface area contributed by atoms with Crippen molar-refractivity contribution in [2.45, 2.75) is 52.1 Å². The highest BCUT2D eigenvalue weighted by Crippen LogP contribution is 2.21. The van der Waals surface area contributed by atoms with Gasteiger partial charge in [0.05, 0.1) is 0 Å². The van der Waals surface area contributed by atoms with Gasteiger partial charge < -0.3 is 15.2 Å². The Bertz CT molecular complexity index is 435. The molecule has 112 valence electrons. The molecule has 1 saturated heterocycles.